The van der Waals surface area contributed by atoms with Gasteiger partial charge in [-0.05, 0) is 27.2 Å². The smallest absolute Gasteiger partial charge is 0.325 e. The summed E-state index contributed by atoms with van der Waals surface area (Å²) >= 11 is 0. The maximum atomic E-state index is 11.4. The minimum absolute atomic E-state index is 0.289. The molecule has 0 radical (unpaired) electrons. The SMILES string of the molecule is CCOC(=O)C(C)(C)NC[C@H](O)CC. The second-order valence-electron chi connectivity index (χ2n) is 3.79. The highest BCUT2D eigenvalue weighted by molar-refractivity contribution is 5.79. The van der Waals surface area contributed by atoms with Crippen molar-refractivity contribution in [3.63, 3.8) is 0 Å². The number of aliphatic hydroxyl groups excluding tert-OH is 1. The number of aliphatic hydroxyl groups is 1. The number of nitrogens with one attached hydrogen (secondary N) is 1. The maximum Gasteiger partial charge on any atom is 0.325 e. The van der Waals surface area contributed by atoms with Crippen LogP contribution in [-0.4, -0.2) is 35.9 Å². The molecule has 0 aliphatic heterocycles. The first-order valence-corrected chi connectivity index (χ1v) is 5.04. The third kappa shape index (κ3) is 4.58. The molecule has 14 heavy (non-hydrogen) atoms. The van der Waals surface area contributed by atoms with E-state index in [1.165, 1.54) is 0 Å². The summed E-state index contributed by atoms with van der Waals surface area (Å²) in [6.07, 6.45) is 0.259. The lowest BCUT2D eigenvalue weighted by atomic mass is 10.1. The fourth-order valence-corrected chi connectivity index (χ4v) is 0.901. The molecule has 0 saturated heterocycles. The van der Waals surface area contributed by atoms with Crippen LogP contribution in [0.25, 0.3) is 0 Å². The Bertz CT molecular complexity index is 180. The predicted octanol–water partition coefficient (Wildman–Crippen LogP) is 0.689. The van der Waals surface area contributed by atoms with Crippen LogP contribution in [0.4, 0.5) is 0 Å². The zero-order chi connectivity index (χ0) is 11.2. The van der Waals surface area contributed by atoms with Crippen LogP contribution in [0.2, 0.25) is 0 Å². The van der Waals surface area contributed by atoms with Crippen LogP contribution in [0.3, 0.4) is 0 Å². The monoisotopic (exact) mass is 203 g/mol. The molecular weight excluding hydrogens is 182 g/mol. The summed E-state index contributed by atoms with van der Waals surface area (Å²) in [6.45, 7) is 7.93. The van der Waals surface area contributed by atoms with E-state index in [1.807, 2.05) is 6.92 Å². The van der Waals surface area contributed by atoms with E-state index < -0.39 is 11.6 Å². The van der Waals surface area contributed by atoms with E-state index >= 15 is 0 Å². The van der Waals surface area contributed by atoms with Crippen molar-refractivity contribution in [1.29, 1.82) is 0 Å². The Morgan fingerprint density at radius 3 is 2.50 bits per heavy atom. The molecule has 0 heterocycles. The van der Waals surface area contributed by atoms with Gasteiger partial charge in [-0.1, -0.05) is 6.92 Å². The number of rotatable bonds is 6. The third-order valence-corrected chi connectivity index (χ3v) is 2.04. The molecule has 0 fully saturated rings. The minimum Gasteiger partial charge on any atom is -0.465 e. The number of hydrogen-bond donors (Lipinski definition) is 2. The van der Waals surface area contributed by atoms with E-state index in [1.54, 1.807) is 20.8 Å². The van der Waals surface area contributed by atoms with Crippen molar-refractivity contribution in [2.24, 2.45) is 0 Å². The second-order valence-corrected chi connectivity index (χ2v) is 3.79. The van der Waals surface area contributed by atoms with Crippen LogP contribution in [0, 0.1) is 0 Å². The van der Waals surface area contributed by atoms with Crippen LogP contribution >= 0.6 is 0 Å². The lowest BCUT2D eigenvalue weighted by molar-refractivity contribution is -0.149. The molecule has 1 atom stereocenters. The highest BCUT2D eigenvalue weighted by Crippen LogP contribution is 2.05. The Balaban J connectivity index is 3.99. The van der Waals surface area contributed by atoms with Gasteiger partial charge in [0.2, 0.25) is 0 Å². The topological polar surface area (TPSA) is 58.6 Å². The maximum absolute atomic E-state index is 11.4. The second kappa shape index (κ2) is 5.98. The van der Waals surface area contributed by atoms with Crippen LogP contribution in [0.15, 0.2) is 0 Å². The lowest BCUT2D eigenvalue weighted by Crippen LogP contribution is -2.50. The van der Waals surface area contributed by atoms with Gasteiger partial charge >= 0.3 is 5.97 Å². The first-order chi connectivity index (χ1) is 6.44. The Morgan fingerprint density at radius 2 is 2.07 bits per heavy atom. The molecule has 0 aromatic rings. The van der Waals surface area contributed by atoms with Gasteiger partial charge in [0, 0.05) is 6.54 Å². The van der Waals surface area contributed by atoms with Gasteiger partial charge in [-0.3, -0.25) is 10.1 Å². The molecule has 0 amide bonds. The van der Waals surface area contributed by atoms with E-state index in [0.717, 1.165) is 0 Å². The fraction of sp³-hybridized carbons (Fsp3) is 0.900. The van der Waals surface area contributed by atoms with E-state index in [2.05, 4.69) is 5.32 Å². The van der Waals surface area contributed by atoms with Crippen molar-refractivity contribution in [2.75, 3.05) is 13.2 Å². The molecule has 0 aliphatic carbocycles. The quantitative estimate of drug-likeness (QED) is 0.624. The first kappa shape index (κ1) is 13.4. The standard InChI is InChI=1S/C10H21NO3/c1-5-8(12)7-11-10(3,4)9(13)14-6-2/h8,11-12H,5-7H2,1-4H3/t8-/m1/s1. The molecule has 84 valence electrons. The number of carbonyl (C=O) groups excluding carboxylic acids is 1. The first-order valence-electron chi connectivity index (χ1n) is 5.04. The van der Waals surface area contributed by atoms with E-state index in [-0.39, 0.29) is 5.97 Å². The van der Waals surface area contributed by atoms with Gasteiger partial charge in [-0.25, -0.2) is 0 Å². The third-order valence-electron chi connectivity index (χ3n) is 2.04. The molecule has 4 nitrogen and oxygen atoms in total. The van der Waals surface area contributed by atoms with Crippen molar-refractivity contribution in [3.8, 4) is 0 Å². The summed E-state index contributed by atoms with van der Waals surface area (Å²) in [5.74, 6) is -0.289. The van der Waals surface area contributed by atoms with E-state index in [0.29, 0.717) is 19.6 Å². The Morgan fingerprint density at radius 1 is 1.50 bits per heavy atom. The number of esters is 1. The highest BCUT2D eigenvalue weighted by Gasteiger charge is 2.28. The van der Waals surface area contributed by atoms with Crippen molar-refractivity contribution in [2.45, 2.75) is 45.8 Å². The van der Waals surface area contributed by atoms with Crippen molar-refractivity contribution < 1.29 is 14.6 Å². The lowest BCUT2D eigenvalue weighted by Gasteiger charge is -2.25. The van der Waals surface area contributed by atoms with Gasteiger partial charge in [0.1, 0.15) is 5.54 Å². The average molecular weight is 203 g/mol. The molecule has 0 spiro atoms. The van der Waals surface area contributed by atoms with Gasteiger partial charge in [0.15, 0.2) is 0 Å². The summed E-state index contributed by atoms with van der Waals surface area (Å²) in [5.41, 5.74) is -0.730. The Kier molecular flexibility index (Phi) is 5.72. The van der Waals surface area contributed by atoms with Gasteiger partial charge < -0.3 is 9.84 Å². The summed E-state index contributed by atoms with van der Waals surface area (Å²) in [6, 6.07) is 0. The van der Waals surface area contributed by atoms with E-state index in [9.17, 15) is 9.90 Å². The number of carbonyl (C=O) groups is 1. The normalized spacial score (nSPS) is 13.8. The molecule has 0 aliphatic rings. The van der Waals surface area contributed by atoms with Crippen molar-refractivity contribution in [1.82, 2.24) is 5.32 Å². The highest BCUT2D eigenvalue weighted by atomic mass is 16.5. The average Bonchev–Trinajstić information content (AvgIpc) is 2.14. The Hall–Kier alpha value is -0.610. The van der Waals surface area contributed by atoms with Crippen molar-refractivity contribution >= 4 is 5.97 Å². The van der Waals surface area contributed by atoms with Crippen LogP contribution in [-0.2, 0) is 9.53 Å². The summed E-state index contributed by atoms with van der Waals surface area (Å²) in [7, 11) is 0. The minimum atomic E-state index is -0.730. The molecule has 0 aromatic heterocycles. The molecular formula is C10H21NO3. The summed E-state index contributed by atoms with van der Waals surface area (Å²) in [4.78, 5) is 11.4. The van der Waals surface area contributed by atoms with Crippen LogP contribution in [0.1, 0.15) is 34.1 Å². The molecule has 0 aromatic carbocycles. The van der Waals surface area contributed by atoms with Crippen LogP contribution in [0.5, 0.6) is 0 Å². The van der Waals surface area contributed by atoms with E-state index in [4.69, 9.17) is 4.74 Å². The summed E-state index contributed by atoms with van der Waals surface area (Å²) in [5, 5.41) is 12.3. The van der Waals surface area contributed by atoms with Crippen LogP contribution < -0.4 is 5.32 Å². The summed E-state index contributed by atoms with van der Waals surface area (Å²) < 4.78 is 4.89. The molecule has 2 N–H and O–H groups in total. The molecule has 0 unspecified atom stereocenters. The molecule has 0 rings (SSSR count). The Labute approximate surface area is 85.6 Å². The molecule has 0 bridgehead atoms. The number of β-amino-alcohol motifs (C(OH)–C–C–N with tert-alkyl or cyclic N) is 1. The van der Waals surface area contributed by atoms with Gasteiger partial charge in [0.05, 0.1) is 12.7 Å². The predicted molar refractivity (Wildman–Crippen MR) is 55.0 cm³/mol. The molecule has 4 heteroatoms. The van der Waals surface area contributed by atoms with Gasteiger partial charge in [-0.15, -0.1) is 0 Å². The van der Waals surface area contributed by atoms with Gasteiger partial charge in [-0.2, -0.15) is 0 Å². The largest absolute Gasteiger partial charge is 0.465 e. The zero-order valence-electron chi connectivity index (χ0n) is 9.46. The zero-order valence-corrected chi connectivity index (χ0v) is 9.46. The number of hydrogen-bond acceptors (Lipinski definition) is 4. The fourth-order valence-electron chi connectivity index (χ4n) is 0.901. The molecule has 0 saturated carbocycles. The van der Waals surface area contributed by atoms with Gasteiger partial charge in [0.25, 0.3) is 0 Å². The van der Waals surface area contributed by atoms with Crippen molar-refractivity contribution in [3.05, 3.63) is 0 Å². The number of ether oxygens (including phenoxy) is 1.